The Morgan fingerprint density at radius 1 is 1.50 bits per heavy atom. The summed E-state index contributed by atoms with van der Waals surface area (Å²) in [6, 6.07) is 8.18. The molecule has 0 unspecified atom stereocenters. The van der Waals surface area contributed by atoms with Gasteiger partial charge in [-0.1, -0.05) is 45.7 Å². The molecular weight excluding hydrogens is 261 g/mol. The Morgan fingerprint density at radius 2 is 2.21 bits per heavy atom. The van der Waals surface area contributed by atoms with Gasteiger partial charge in [-0.2, -0.15) is 0 Å². The number of hydrogen-bond donors (Lipinski definition) is 1. The van der Waals surface area contributed by atoms with E-state index in [2.05, 4.69) is 27.3 Å². The van der Waals surface area contributed by atoms with Gasteiger partial charge in [0.2, 0.25) is 0 Å². The summed E-state index contributed by atoms with van der Waals surface area (Å²) in [7, 11) is 0. The maximum atomic E-state index is 5.55. The number of halogens is 2. The van der Waals surface area contributed by atoms with Gasteiger partial charge in [-0.25, -0.2) is 0 Å². The van der Waals surface area contributed by atoms with Crippen molar-refractivity contribution in [2.24, 2.45) is 0 Å². The minimum atomic E-state index is 0.824. The molecule has 1 nitrogen and oxygen atoms in total. The first-order chi connectivity index (χ1) is 6.74. The monoisotopic (exact) mass is 273 g/mol. The first kappa shape index (κ1) is 11.8. The first-order valence-electron chi connectivity index (χ1n) is 4.44. The average Bonchev–Trinajstić information content (AvgIpc) is 2.20. The van der Waals surface area contributed by atoms with E-state index in [9.17, 15) is 0 Å². The molecule has 0 saturated carbocycles. The zero-order valence-electron chi connectivity index (χ0n) is 8.06. The smallest absolute Gasteiger partial charge is 0.0220 e. The van der Waals surface area contributed by atoms with Gasteiger partial charge < -0.3 is 5.32 Å². The first-order valence-corrected chi connectivity index (χ1v) is 5.67. The highest BCUT2D eigenvalue weighted by Crippen LogP contribution is 2.15. The predicted molar refractivity (Wildman–Crippen MR) is 65.5 cm³/mol. The van der Waals surface area contributed by atoms with Gasteiger partial charge in [0.05, 0.1) is 0 Å². The van der Waals surface area contributed by atoms with Crippen molar-refractivity contribution in [3.63, 3.8) is 0 Å². The van der Waals surface area contributed by atoms with Gasteiger partial charge in [0.1, 0.15) is 0 Å². The third kappa shape index (κ3) is 3.82. The van der Waals surface area contributed by atoms with E-state index >= 15 is 0 Å². The van der Waals surface area contributed by atoms with Crippen molar-refractivity contribution in [3.05, 3.63) is 45.4 Å². The Morgan fingerprint density at radius 3 is 2.86 bits per heavy atom. The van der Waals surface area contributed by atoms with Crippen LogP contribution in [0.4, 0.5) is 0 Å². The normalized spacial score (nSPS) is 11.8. The van der Waals surface area contributed by atoms with E-state index in [0.717, 1.165) is 23.1 Å². The van der Waals surface area contributed by atoms with Crippen LogP contribution in [0.2, 0.25) is 0 Å². The molecule has 76 valence electrons. The van der Waals surface area contributed by atoms with Gasteiger partial charge >= 0.3 is 0 Å². The minimum absolute atomic E-state index is 0.824. The summed E-state index contributed by atoms with van der Waals surface area (Å²) in [4.78, 5) is 0. The summed E-state index contributed by atoms with van der Waals surface area (Å²) in [6.07, 6.45) is 0. The van der Waals surface area contributed by atoms with E-state index in [4.69, 9.17) is 11.6 Å². The quantitative estimate of drug-likeness (QED) is 0.883. The van der Waals surface area contributed by atoms with Crippen molar-refractivity contribution in [1.82, 2.24) is 5.32 Å². The van der Waals surface area contributed by atoms with Gasteiger partial charge in [-0.05, 0) is 24.1 Å². The molecule has 0 aliphatic carbocycles. The van der Waals surface area contributed by atoms with Crippen molar-refractivity contribution in [2.45, 2.75) is 13.5 Å². The molecule has 0 aromatic heterocycles. The fourth-order valence-corrected chi connectivity index (χ4v) is 1.58. The standard InChI is InChI=1S/C11H13BrClN/c1-9(6-13)7-14-8-10-4-2-3-5-11(10)12/h2-6,14H,7-8H2,1H3/b9-6-. The molecule has 0 aliphatic heterocycles. The van der Waals surface area contributed by atoms with Crippen LogP contribution in [-0.4, -0.2) is 6.54 Å². The topological polar surface area (TPSA) is 12.0 Å². The van der Waals surface area contributed by atoms with Crippen LogP contribution >= 0.6 is 27.5 Å². The van der Waals surface area contributed by atoms with Crippen LogP contribution in [0.1, 0.15) is 12.5 Å². The lowest BCUT2D eigenvalue weighted by molar-refractivity contribution is 0.738. The van der Waals surface area contributed by atoms with Crippen LogP contribution in [-0.2, 0) is 6.54 Å². The molecule has 0 spiro atoms. The third-order valence-corrected chi connectivity index (χ3v) is 3.01. The molecule has 1 aromatic rings. The Bertz CT molecular complexity index is 323. The Hall–Kier alpha value is -0.310. The molecule has 3 heteroatoms. The van der Waals surface area contributed by atoms with Crippen molar-refractivity contribution < 1.29 is 0 Å². The molecule has 0 fully saturated rings. The highest BCUT2D eigenvalue weighted by molar-refractivity contribution is 9.10. The average molecular weight is 275 g/mol. The summed E-state index contributed by atoms with van der Waals surface area (Å²) >= 11 is 9.05. The Labute approximate surface area is 98.3 Å². The van der Waals surface area contributed by atoms with Crippen LogP contribution in [0.5, 0.6) is 0 Å². The predicted octanol–water partition coefficient (Wildman–Crippen LogP) is 3.68. The van der Waals surface area contributed by atoms with Gasteiger partial charge in [-0.3, -0.25) is 0 Å². The lowest BCUT2D eigenvalue weighted by Gasteiger charge is -2.06. The molecule has 0 atom stereocenters. The Balaban J connectivity index is 2.43. The molecule has 0 radical (unpaired) electrons. The van der Waals surface area contributed by atoms with Crippen molar-refractivity contribution in [3.8, 4) is 0 Å². The molecule has 0 amide bonds. The number of hydrogen-bond acceptors (Lipinski definition) is 1. The van der Waals surface area contributed by atoms with E-state index in [1.54, 1.807) is 5.54 Å². The van der Waals surface area contributed by atoms with Crippen LogP contribution in [0.25, 0.3) is 0 Å². The van der Waals surface area contributed by atoms with E-state index < -0.39 is 0 Å². The largest absolute Gasteiger partial charge is 0.309 e. The molecule has 1 rings (SSSR count). The molecule has 1 aromatic carbocycles. The highest BCUT2D eigenvalue weighted by atomic mass is 79.9. The zero-order chi connectivity index (χ0) is 10.4. The van der Waals surface area contributed by atoms with Gasteiger partial charge in [0.25, 0.3) is 0 Å². The number of rotatable bonds is 4. The third-order valence-electron chi connectivity index (χ3n) is 1.86. The Kier molecular flexibility index (Phi) is 5.23. The van der Waals surface area contributed by atoms with Gasteiger partial charge in [0.15, 0.2) is 0 Å². The van der Waals surface area contributed by atoms with Crippen molar-refractivity contribution in [1.29, 1.82) is 0 Å². The van der Waals surface area contributed by atoms with Gasteiger partial charge in [0, 0.05) is 23.1 Å². The van der Waals surface area contributed by atoms with Crippen LogP contribution in [0, 0.1) is 0 Å². The van der Waals surface area contributed by atoms with E-state index in [1.165, 1.54) is 5.56 Å². The minimum Gasteiger partial charge on any atom is -0.309 e. The van der Waals surface area contributed by atoms with Gasteiger partial charge in [-0.15, -0.1) is 0 Å². The second-order valence-corrected chi connectivity index (χ2v) is 4.22. The summed E-state index contributed by atoms with van der Waals surface area (Å²) < 4.78 is 1.14. The highest BCUT2D eigenvalue weighted by Gasteiger charge is 1.97. The van der Waals surface area contributed by atoms with E-state index in [0.29, 0.717) is 0 Å². The molecule has 1 N–H and O–H groups in total. The maximum absolute atomic E-state index is 5.55. The SMILES string of the molecule is C/C(=C/Cl)CNCc1ccccc1Br. The second kappa shape index (κ2) is 6.23. The number of benzene rings is 1. The maximum Gasteiger partial charge on any atom is 0.0220 e. The lowest BCUT2D eigenvalue weighted by atomic mass is 10.2. The fourth-order valence-electron chi connectivity index (χ4n) is 1.07. The summed E-state index contributed by atoms with van der Waals surface area (Å²) in [5.74, 6) is 0. The van der Waals surface area contributed by atoms with Crippen LogP contribution < -0.4 is 5.32 Å². The van der Waals surface area contributed by atoms with E-state index in [-0.39, 0.29) is 0 Å². The lowest BCUT2D eigenvalue weighted by Crippen LogP contribution is -2.15. The molecular formula is C11H13BrClN. The molecule has 0 heterocycles. The molecule has 0 bridgehead atoms. The van der Waals surface area contributed by atoms with Crippen molar-refractivity contribution in [2.75, 3.05) is 6.54 Å². The molecule has 0 saturated heterocycles. The second-order valence-electron chi connectivity index (χ2n) is 3.15. The van der Waals surface area contributed by atoms with Crippen LogP contribution in [0.3, 0.4) is 0 Å². The summed E-state index contributed by atoms with van der Waals surface area (Å²) in [6.45, 7) is 3.67. The number of nitrogens with one attached hydrogen (secondary N) is 1. The zero-order valence-corrected chi connectivity index (χ0v) is 10.4. The fraction of sp³-hybridized carbons (Fsp3) is 0.273. The van der Waals surface area contributed by atoms with Crippen LogP contribution in [0.15, 0.2) is 39.8 Å². The summed E-state index contributed by atoms with van der Waals surface area (Å²) in [5.41, 5.74) is 4.00. The van der Waals surface area contributed by atoms with E-state index in [1.807, 2.05) is 25.1 Å². The molecule has 0 aliphatic rings. The van der Waals surface area contributed by atoms with Crippen molar-refractivity contribution >= 4 is 27.5 Å². The molecule has 14 heavy (non-hydrogen) atoms. The summed E-state index contributed by atoms with van der Waals surface area (Å²) in [5, 5.41) is 3.31.